The molecule has 8 heteroatoms. The van der Waals surface area contributed by atoms with Gasteiger partial charge in [0.1, 0.15) is 0 Å². The molecule has 0 saturated carbocycles. The zero-order valence-electron chi connectivity index (χ0n) is 12.1. The molecule has 1 heterocycles. The Morgan fingerprint density at radius 3 is 2.82 bits per heavy atom. The molecular formula is C14H17ClN4OS2. The van der Waals surface area contributed by atoms with Crippen molar-refractivity contribution in [2.24, 2.45) is 0 Å². The fourth-order valence-electron chi connectivity index (χ4n) is 1.67. The summed E-state index contributed by atoms with van der Waals surface area (Å²) in [6.45, 7) is 3.42. The quantitative estimate of drug-likeness (QED) is 0.711. The lowest BCUT2D eigenvalue weighted by Gasteiger charge is -2.04. The number of benzene rings is 1. The van der Waals surface area contributed by atoms with Gasteiger partial charge in [0.05, 0.1) is 5.75 Å². The van der Waals surface area contributed by atoms with E-state index < -0.39 is 0 Å². The maximum atomic E-state index is 11.8. The van der Waals surface area contributed by atoms with E-state index in [1.54, 1.807) is 0 Å². The number of rotatable bonds is 8. The van der Waals surface area contributed by atoms with Gasteiger partial charge < -0.3 is 10.6 Å². The van der Waals surface area contributed by atoms with Gasteiger partial charge >= 0.3 is 0 Å². The number of nitrogens with one attached hydrogen (secondary N) is 2. The standard InChI is InChI=1S/C14H17ClN4OS2/c1-2-16-13-18-19-14(22-13)21-9-12(20)17-8-7-10-3-5-11(15)6-4-10/h3-6H,2,7-9H2,1H3,(H,16,18)(H,17,20). The van der Waals surface area contributed by atoms with Crippen molar-refractivity contribution in [3.8, 4) is 0 Å². The van der Waals surface area contributed by atoms with Crippen molar-refractivity contribution < 1.29 is 4.79 Å². The maximum absolute atomic E-state index is 11.8. The van der Waals surface area contributed by atoms with Crippen LogP contribution in [0.2, 0.25) is 5.02 Å². The predicted molar refractivity (Wildman–Crippen MR) is 93.0 cm³/mol. The van der Waals surface area contributed by atoms with Crippen LogP contribution in [0.25, 0.3) is 0 Å². The van der Waals surface area contributed by atoms with Gasteiger partial charge in [0.15, 0.2) is 4.34 Å². The van der Waals surface area contributed by atoms with E-state index in [9.17, 15) is 4.79 Å². The first kappa shape index (κ1) is 17.1. The number of carbonyl (C=O) groups is 1. The lowest BCUT2D eigenvalue weighted by molar-refractivity contribution is -0.118. The van der Waals surface area contributed by atoms with Crippen LogP contribution in [0, 0.1) is 0 Å². The van der Waals surface area contributed by atoms with Crippen molar-refractivity contribution in [1.82, 2.24) is 15.5 Å². The minimum Gasteiger partial charge on any atom is -0.360 e. The average Bonchev–Trinajstić information content (AvgIpc) is 2.95. The number of hydrogen-bond donors (Lipinski definition) is 2. The molecule has 5 nitrogen and oxygen atoms in total. The summed E-state index contributed by atoms with van der Waals surface area (Å²) in [4.78, 5) is 11.8. The number of carbonyl (C=O) groups excluding carboxylic acids is 1. The fourth-order valence-corrected chi connectivity index (χ4v) is 3.44. The summed E-state index contributed by atoms with van der Waals surface area (Å²) in [7, 11) is 0. The maximum Gasteiger partial charge on any atom is 0.230 e. The van der Waals surface area contributed by atoms with Crippen molar-refractivity contribution in [3.05, 3.63) is 34.9 Å². The van der Waals surface area contributed by atoms with Gasteiger partial charge in [-0.25, -0.2) is 0 Å². The topological polar surface area (TPSA) is 66.9 Å². The number of halogens is 1. The molecule has 0 spiro atoms. The molecule has 0 saturated heterocycles. The fraction of sp³-hybridized carbons (Fsp3) is 0.357. The molecule has 0 unspecified atom stereocenters. The van der Waals surface area contributed by atoms with E-state index in [1.165, 1.54) is 23.1 Å². The van der Waals surface area contributed by atoms with Crippen LogP contribution in [-0.2, 0) is 11.2 Å². The summed E-state index contributed by atoms with van der Waals surface area (Å²) in [6, 6.07) is 7.64. The number of aromatic nitrogens is 2. The highest BCUT2D eigenvalue weighted by Crippen LogP contribution is 2.24. The summed E-state index contributed by atoms with van der Waals surface area (Å²) in [5, 5.41) is 15.5. The van der Waals surface area contributed by atoms with Crippen molar-refractivity contribution in [2.75, 3.05) is 24.2 Å². The minimum absolute atomic E-state index is 0.000774. The van der Waals surface area contributed by atoms with E-state index >= 15 is 0 Å². The van der Waals surface area contributed by atoms with Crippen LogP contribution in [0.1, 0.15) is 12.5 Å². The zero-order chi connectivity index (χ0) is 15.8. The van der Waals surface area contributed by atoms with Gasteiger partial charge in [-0.2, -0.15) is 0 Å². The highest BCUT2D eigenvalue weighted by Gasteiger charge is 2.07. The first-order chi connectivity index (χ1) is 10.7. The molecule has 2 rings (SSSR count). The Morgan fingerprint density at radius 1 is 1.32 bits per heavy atom. The third-order valence-corrected chi connectivity index (χ3v) is 4.98. The molecule has 1 amide bonds. The number of nitrogens with zero attached hydrogens (tertiary/aromatic N) is 2. The van der Waals surface area contributed by atoms with E-state index in [0.717, 1.165) is 33.0 Å². The Morgan fingerprint density at radius 2 is 2.09 bits per heavy atom. The van der Waals surface area contributed by atoms with Gasteiger partial charge in [-0.3, -0.25) is 4.79 Å². The van der Waals surface area contributed by atoms with Crippen LogP contribution in [-0.4, -0.2) is 34.9 Å². The van der Waals surface area contributed by atoms with E-state index in [-0.39, 0.29) is 5.91 Å². The molecule has 0 bridgehead atoms. The lowest BCUT2D eigenvalue weighted by Crippen LogP contribution is -2.27. The molecule has 1 aromatic carbocycles. The van der Waals surface area contributed by atoms with Crippen LogP contribution < -0.4 is 10.6 Å². The Labute approximate surface area is 142 Å². The zero-order valence-corrected chi connectivity index (χ0v) is 14.5. The largest absolute Gasteiger partial charge is 0.360 e. The molecule has 0 fully saturated rings. The lowest BCUT2D eigenvalue weighted by atomic mass is 10.1. The van der Waals surface area contributed by atoms with Gasteiger partial charge in [-0.1, -0.05) is 46.8 Å². The van der Waals surface area contributed by atoms with Crippen LogP contribution >= 0.6 is 34.7 Å². The van der Waals surface area contributed by atoms with Gasteiger partial charge in [0.2, 0.25) is 11.0 Å². The summed E-state index contributed by atoms with van der Waals surface area (Å²) in [6.07, 6.45) is 0.789. The Balaban J connectivity index is 1.66. The highest BCUT2D eigenvalue weighted by atomic mass is 35.5. The Hall–Kier alpha value is -1.31. The second-order valence-electron chi connectivity index (χ2n) is 4.42. The SMILES string of the molecule is CCNc1nnc(SCC(=O)NCCc2ccc(Cl)cc2)s1. The van der Waals surface area contributed by atoms with Crippen LogP contribution in [0.3, 0.4) is 0 Å². The molecule has 0 aliphatic heterocycles. The van der Waals surface area contributed by atoms with Gasteiger partial charge in [0, 0.05) is 18.1 Å². The monoisotopic (exact) mass is 356 g/mol. The molecule has 0 radical (unpaired) electrons. The summed E-state index contributed by atoms with van der Waals surface area (Å²) in [5.74, 6) is 0.348. The molecule has 1 aromatic heterocycles. The average molecular weight is 357 g/mol. The minimum atomic E-state index is -0.000774. The van der Waals surface area contributed by atoms with E-state index in [2.05, 4.69) is 20.8 Å². The number of thioether (sulfide) groups is 1. The van der Waals surface area contributed by atoms with Gasteiger partial charge in [0.25, 0.3) is 0 Å². The third kappa shape index (κ3) is 5.82. The van der Waals surface area contributed by atoms with Crippen LogP contribution in [0.15, 0.2) is 28.6 Å². The van der Waals surface area contributed by atoms with Crippen LogP contribution in [0.5, 0.6) is 0 Å². The Bertz CT molecular complexity index is 603. The first-order valence-electron chi connectivity index (χ1n) is 6.88. The highest BCUT2D eigenvalue weighted by molar-refractivity contribution is 8.01. The van der Waals surface area contributed by atoms with E-state index in [4.69, 9.17) is 11.6 Å². The first-order valence-corrected chi connectivity index (χ1v) is 9.06. The van der Waals surface area contributed by atoms with Crippen LogP contribution in [0.4, 0.5) is 5.13 Å². The van der Waals surface area contributed by atoms with Crippen molar-refractivity contribution >= 4 is 45.7 Å². The number of anilines is 1. The second kappa shape index (κ2) is 8.97. The van der Waals surface area contributed by atoms with E-state index in [0.29, 0.717) is 12.3 Å². The van der Waals surface area contributed by atoms with Crippen molar-refractivity contribution in [1.29, 1.82) is 0 Å². The summed E-state index contributed by atoms with van der Waals surface area (Å²) in [5.41, 5.74) is 1.15. The van der Waals surface area contributed by atoms with Crippen molar-refractivity contribution in [2.45, 2.75) is 17.7 Å². The van der Waals surface area contributed by atoms with Crippen molar-refractivity contribution in [3.63, 3.8) is 0 Å². The summed E-state index contributed by atoms with van der Waals surface area (Å²) < 4.78 is 0.795. The molecule has 0 aliphatic rings. The number of hydrogen-bond acceptors (Lipinski definition) is 6. The van der Waals surface area contributed by atoms with E-state index in [1.807, 2.05) is 31.2 Å². The number of amides is 1. The molecular weight excluding hydrogens is 340 g/mol. The van der Waals surface area contributed by atoms with Gasteiger partial charge in [-0.15, -0.1) is 10.2 Å². The molecule has 0 atom stereocenters. The molecule has 0 aliphatic carbocycles. The molecule has 118 valence electrons. The molecule has 22 heavy (non-hydrogen) atoms. The predicted octanol–water partition coefficient (Wildman–Crippen LogP) is 3.07. The third-order valence-electron chi connectivity index (χ3n) is 2.71. The van der Waals surface area contributed by atoms with Gasteiger partial charge in [-0.05, 0) is 31.0 Å². The smallest absolute Gasteiger partial charge is 0.230 e. The normalized spacial score (nSPS) is 10.5. The molecule has 2 aromatic rings. The summed E-state index contributed by atoms with van der Waals surface area (Å²) >= 11 is 8.69. The molecule has 2 N–H and O–H groups in total. The second-order valence-corrected chi connectivity index (χ2v) is 7.05. The Kier molecular flexibility index (Phi) is 6.95.